The molecule has 6 heteroatoms. The number of amides is 2. The Hall–Kier alpha value is -3.18. The first-order valence-corrected chi connectivity index (χ1v) is 9.97. The lowest BCUT2D eigenvalue weighted by atomic mass is 9.82. The van der Waals surface area contributed by atoms with Gasteiger partial charge in [0.05, 0.1) is 0 Å². The summed E-state index contributed by atoms with van der Waals surface area (Å²) in [6, 6.07) is 20.1. The van der Waals surface area contributed by atoms with Crippen LogP contribution in [0.3, 0.4) is 0 Å². The number of halogens is 2. The zero-order chi connectivity index (χ0) is 21.3. The molecule has 3 aromatic rings. The molecule has 0 fully saturated rings. The molecule has 152 valence electrons. The maximum absolute atomic E-state index is 13.5. The fraction of sp³-hybridized carbons (Fsp3) is 0.167. The zero-order valence-corrected chi connectivity index (χ0v) is 17.1. The van der Waals surface area contributed by atoms with Gasteiger partial charge < -0.3 is 5.32 Å². The van der Waals surface area contributed by atoms with Crippen LogP contribution >= 0.6 is 11.6 Å². The lowest BCUT2D eigenvalue weighted by Crippen LogP contribution is -2.63. The van der Waals surface area contributed by atoms with Gasteiger partial charge in [-0.2, -0.15) is 0 Å². The first kappa shape index (κ1) is 20.1. The van der Waals surface area contributed by atoms with Gasteiger partial charge in [0.2, 0.25) is 5.91 Å². The molecule has 0 spiro atoms. The summed E-state index contributed by atoms with van der Waals surface area (Å²) < 4.78 is 13.5. The summed E-state index contributed by atoms with van der Waals surface area (Å²) >= 11 is 5.92. The second-order valence-electron chi connectivity index (χ2n) is 7.53. The van der Waals surface area contributed by atoms with Crippen molar-refractivity contribution in [2.45, 2.75) is 25.4 Å². The number of anilines is 1. The van der Waals surface area contributed by atoms with Gasteiger partial charge in [0, 0.05) is 29.2 Å². The van der Waals surface area contributed by atoms with Crippen LogP contribution in [0.1, 0.15) is 28.4 Å². The van der Waals surface area contributed by atoms with Gasteiger partial charge in [-0.3, -0.25) is 14.5 Å². The van der Waals surface area contributed by atoms with Crippen LogP contribution in [0.4, 0.5) is 10.1 Å². The smallest absolute Gasteiger partial charge is 0.259 e. The molecule has 0 radical (unpaired) electrons. The third-order valence-corrected chi connectivity index (χ3v) is 5.67. The molecule has 1 heterocycles. The third-order valence-electron chi connectivity index (χ3n) is 5.42. The first-order chi connectivity index (χ1) is 14.4. The van der Waals surface area contributed by atoms with Gasteiger partial charge in [0.25, 0.3) is 5.91 Å². The van der Waals surface area contributed by atoms with Crippen LogP contribution in [0.15, 0.2) is 72.8 Å². The van der Waals surface area contributed by atoms with E-state index in [-0.39, 0.29) is 11.8 Å². The monoisotopic (exact) mass is 422 g/mol. The molecular weight excluding hydrogens is 403 g/mol. The van der Waals surface area contributed by atoms with E-state index >= 15 is 0 Å². The molecule has 0 unspecified atom stereocenters. The number of fused-ring (bicyclic) bond motifs is 1. The van der Waals surface area contributed by atoms with Gasteiger partial charge in [-0.15, -0.1) is 0 Å². The molecule has 3 aromatic carbocycles. The summed E-state index contributed by atoms with van der Waals surface area (Å²) in [5.41, 5.74) is 1.55. The highest BCUT2D eigenvalue weighted by atomic mass is 35.5. The number of rotatable bonds is 4. The van der Waals surface area contributed by atoms with Gasteiger partial charge in [0.15, 0.2) is 0 Å². The molecule has 2 amide bonds. The minimum atomic E-state index is -1.17. The predicted molar refractivity (Wildman–Crippen MR) is 115 cm³/mol. The Morgan fingerprint density at radius 3 is 2.43 bits per heavy atom. The van der Waals surface area contributed by atoms with E-state index in [2.05, 4.69) is 5.32 Å². The fourth-order valence-corrected chi connectivity index (χ4v) is 3.95. The van der Waals surface area contributed by atoms with Gasteiger partial charge >= 0.3 is 0 Å². The van der Waals surface area contributed by atoms with Crippen molar-refractivity contribution in [2.24, 2.45) is 0 Å². The van der Waals surface area contributed by atoms with Crippen LogP contribution in [0.5, 0.6) is 0 Å². The second-order valence-corrected chi connectivity index (χ2v) is 7.97. The van der Waals surface area contributed by atoms with E-state index in [1.807, 2.05) is 24.3 Å². The SMILES string of the molecule is C[C@@]1(C(=O)NCc2ccc(Cl)cc2)Cc2ccccc2C(=O)N1c1ccc(F)cc1. The number of hydrogen-bond donors (Lipinski definition) is 1. The Kier molecular flexibility index (Phi) is 5.31. The minimum Gasteiger partial charge on any atom is -0.350 e. The summed E-state index contributed by atoms with van der Waals surface area (Å²) in [4.78, 5) is 28.2. The zero-order valence-electron chi connectivity index (χ0n) is 16.4. The molecule has 1 atom stereocenters. The van der Waals surface area contributed by atoms with E-state index in [0.29, 0.717) is 29.2 Å². The van der Waals surface area contributed by atoms with Crippen LogP contribution in [-0.4, -0.2) is 17.4 Å². The average molecular weight is 423 g/mol. The Morgan fingerprint density at radius 1 is 1.07 bits per heavy atom. The number of nitrogens with one attached hydrogen (secondary N) is 1. The normalized spacial score (nSPS) is 18.1. The summed E-state index contributed by atoms with van der Waals surface area (Å²) in [5, 5.41) is 3.56. The van der Waals surface area contributed by atoms with Crippen LogP contribution in [0.2, 0.25) is 5.02 Å². The minimum absolute atomic E-state index is 0.285. The standard InChI is InChI=1S/C24H20ClFN2O2/c1-24(23(30)27-15-16-6-8-18(25)9-7-16)14-17-4-2-3-5-21(17)22(29)28(24)20-12-10-19(26)11-13-20/h2-13H,14-15H2,1H3,(H,27,30)/t24-/m0/s1. The average Bonchev–Trinajstić information content (AvgIpc) is 2.74. The Balaban J connectivity index is 1.69. The van der Waals surface area contributed by atoms with Crippen LogP contribution < -0.4 is 10.2 Å². The molecule has 4 rings (SSSR count). The first-order valence-electron chi connectivity index (χ1n) is 9.59. The topological polar surface area (TPSA) is 49.4 Å². The molecule has 1 N–H and O–H groups in total. The molecule has 0 saturated heterocycles. The van der Waals surface area contributed by atoms with E-state index < -0.39 is 11.4 Å². The molecule has 0 aliphatic carbocycles. The molecule has 0 bridgehead atoms. The number of benzene rings is 3. The summed E-state index contributed by atoms with van der Waals surface area (Å²) in [6.45, 7) is 2.04. The highest BCUT2D eigenvalue weighted by Gasteiger charge is 2.47. The van der Waals surface area contributed by atoms with E-state index in [1.54, 1.807) is 31.2 Å². The van der Waals surface area contributed by atoms with Crippen molar-refractivity contribution >= 4 is 29.1 Å². The molecule has 0 saturated carbocycles. The molecule has 30 heavy (non-hydrogen) atoms. The highest BCUT2D eigenvalue weighted by molar-refractivity contribution is 6.30. The van der Waals surface area contributed by atoms with Crippen molar-refractivity contribution in [3.05, 3.63) is 100 Å². The number of hydrogen-bond acceptors (Lipinski definition) is 2. The van der Waals surface area contributed by atoms with Crippen molar-refractivity contribution < 1.29 is 14.0 Å². The molecule has 1 aliphatic rings. The van der Waals surface area contributed by atoms with Gasteiger partial charge in [-0.25, -0.2) is 4.39 Å². The molecule has 1 aliphatic heterocycles. The van der Waals surface area contributed by atoms with Gasteiger partial charge in [-0.1, -0.05) is 41.9 Å². The van der Waals surface area contributed by atoms with Crippen LogP contribution in [0.25, 0.3) is 0 Å². The third kappa shape index (κ3) is 3.68. The summed E-state index contributed by atoms with van der Waals surface area (Å²) in [6.07, 6.45) is 0.346. The van der Waals surface area contributed by atoms with E-state index in [1.165, 1.54) is 29.2 Å². The van der Waals surface area contributed by atoms with E-state index in [0.717, 1.165) is 11.1 Å². The van der Waals surface area contributed by atoms with Crippen LogP contribution in [-0.2, 0) is 17.8 Å². The Labute approximate surface area is 179 Å². The van der Waals surface area contributed by atoms with E-state index in [9.17, 15) is 14.0 Å². The fourth-order valence-electron chi connectivity index (χ4n) is 3.83. The highest BCUT2D eigenvalue weighted by Crippen LogP contribution is 2.35. The van der Waals surface area contributed by atoms with E-state index in [4.69, 9.17) is 11.6 Å². The lowest BCUT2D eigenvalue weighted by Gasteiger charge is -2.44. The van der Waals surface area contributed by atoms with Crippen LogP contribution in [0, 0.1) is 5.82 Å². The molecule has 0 aromatic heterocycles. The lowest BCUT2D eigenvalue weighted by molar-refractivity contribution is -0.126. The maximum atomic E-state index is 13.5. The molecular formula is C24H20ClFN2O2. The second kappa shape index (κ2) is 7.92. The Morgan fingerprint density at radius 2 is 1.73 bits per heavy atom. The molecule has 4 nitrogen and oxygen atoms in total. The number of nitrogens with zero attached hydrogens (tertiary/aromatic N) is 1. The summed E-state index contributed by atoms with van der Waals surface area (Å²) in [7, 11) is 0. The summed E-state index contributed by atoms with van der Waals surface area (Å²) in [5.74, 6) is -0.977. The largest absolute Gasteiger partial charge is 0.350 e. The van der Waals surface area contributed by atoms with Crippen molar-refractivity contribution in [3.8, 4) is 0 Å². The van der Waals surface area contributed by atoms with Gasteiger partial charge in [0.1, 0.15) is 11.4 Å². The maximum Gasteiger partial charge on any atom is 0.259 e. The van der Waals surface area contributed by atoms with Crippen molar-refractivity contribution in [3.63, 3.8) is 0 Å². The van der Waals surface area contributed by atoms with Crippen molar-refractivity contribution in [1.29, 1.82) is 0 Å². The number of carbonyl (C=O) groups is 2. The quantitative estimate of drug-likeness (QED) is 0.659. The number of carbonyl (C=O) groups excluding carboxylic acids is 2. The predicted octanol–water partition coefficient (Wildman–Crippen LogP) is 4.76. The van der Waals surface area contributed by atoms with Crippen molar-refractivity contribution in [2.75, 3.05) is 4.90 Å². The van der Waals surface area contributed by atoms with Crippen molar-refractivity contribution in [1.82, 2.24) is 5.32 Å². The van der Waals surface area contributed by atoms with Gasteiger partial charge in [-0.05, 0) is 60.5 Å². The Bertz CT molecular complexity index is 1100.